The molecule has 0 radical (unpaired) electrons. The highest BCUT2D eigenvalue weighted by Crippen LogP contribution is 2.22. The number of aromatic nitrogens is 2. The molecular weight excluding hydrogens is 376 g/mol. The molecule has 30 heavy (non-hydrogen) atoms. The summed E-state index contributed by atoms with van der Waals surface area (Å²) in [6.45, 7) is 4.99. The van der Waals surface area contributed by atoms with E-state index in [4.69, 9.17) is 9.15 Å². The molecule has 6 heteroatoms. The standard InChI is InChI=1S/C24H30N4O2/c1-18(2)12-14-30-23-16-21(26-24(27-23)25-17-28(3)4)11-10-19-7-5-8-20(15-19)22-9-6-13-29-22/h5-9,13,15-18H,10-12,14H2,1-4H3. The summed E-state index contributed by atoms with van der Waals surface area (Å²) >= 11 is 0. The van der Waals surface area contributed by atoms with Gasteiger partial charge in [-0.15, -0.1) is 0 Å². The predicted octanol–water partition coefficient (Wildman–Crippen LogP) is 5.17. The van der Waals surface area contributed by atoms with E-state index in [1.165, 1.54) is 5.56 Å². The molecule has 2 heterocycles. The van der Waals surface area contributed by atoms with E-state index in [0.717, 1.165) is 36.3 Å². The zero-order valence-corrected chi connectivity index (χ0v) is 18.2. The molecule has 6 nitrogen and oxygen atoms in total. The van der Waals surface area contributed by atoms with Gasteiger partial charge < -0.3 is 14.1 Å². The van der Waals surface area contributed by atoms with E-state index >= 15 is 0 Å². The molecule has 3 aromatic rings. The van der Waals surface area contributed by atoms with Crippen molar-refractivity contribution < 1.29 is 9.15 Å². The number of aryl methyl sites for hydroxylation is 2. The molecule has 0 aliphatic carbocycles. The molecule has 0 N–H and O–H groups in total. The van der Waals surface area contributed by atoms with E-state index < -0.39 is 0 Å². The van der Waals surface area contributed by atoms with Gasteiger partial charge in [0.1, 0.15) is 5.76 Å². The summed E-state index contributed by atoms with van der Waals surface area (Å²) < 4.78 is 11.4. The maximum atomic E-state index is 5.87. The summed E-state index contributed by atoms with van der Waals surface area (Å²) in [5.74, 6) is 2.46. The second-order valence-electron chi connectivity index (χ2n) is 7.91. The third kappa shape index (κ3) is 6.72. The molecule has 0 amide bonds. The molecule has 2 aromatic heterocycles. The van der Waals surface area contributed by atoms with Gasteiger partial charge >= 0.3 is 0 Å². The number of furan rings is 1. The molecule has 0 aliphatic heterocycles. The Hall–Kier alpha value is -3.15. The third-order valence-corrected chi connectivity index (χ3v) is 4.50. The number of hydrogen-bond acceptors (Lipinski definition) is 5. The summed E-state index contributed by atoms with van der Waals surface area (Å²) in [6, 6.07) is 14.2. The smallest absolute Gasteiger partial charge is 0.254 e. The minimum atomic E-state index is 0.421. The molecule has 0 saturated heterocycles. The first-order valence-corrected chi connectivity index (χ1v) is 10.3. The average molecular weight is 407 g/mol. The van der Waals surface area contributed by atoms with E-state index in [-0.39, 0.29) is 0 Å². The van der Waals surface area contributed by atoms with Gasteiger partial charge in [0.25, 0.3) is 5.95 Å². The van der Waals surface area contributed by atoms with Crippen LogP contribution >= 0.6 is 0 Å². The van der Waals surface area contributed by atoms with Gasteiger partial charge in [-0.05, 0) is 48.9 Å². The molecule has 0 unspecified atom stereocenters. The number of benzene rings is 1. The maximum absolute atomic E-state index is 5.87. The Labute approximate surface area is 178 Å². The van der Waals surface area contributed by atoms with Crippen molar-refractivity contribution in [2.24, 2.45) is 10.9 Å². The van der Waals surface area contributed by atoms with Crippen LogP contribution in [-0.4, -0.2) is 41.9 Å². The number of hydrogen-bond donors (Lipinski definition) is 0. The van der Waals surface area contributed by atoms with Crippen LogP contribution < -0.4 is 4.74 Å². The molecule has 0 bridgehead atoms. The lowest BCUT2D eigenvalue weighted by Gasteiger charge is -2.10. The minimum Gasteiger partial charge on any atom is -0.478 e. The normalized spacial score (nSPS) is 11.4. The van der Waals surface area contributed by atoms with E-state index in [0.29, 0.717) is 24.4 Å². The van der Waals surface area contributed by atoms with E-state index in [1.807, 2.05) is 37.2 Å². The van der Waals surface area contributed by atoms with Gasteiger partial charge in [0, 0.05) is 25.7 Å². The van der Waals surface area contributed by atoms with Crippen molar-refractivity contribution in [2.75, 3.05) is 20.7 Å². The molecule has 3 rings (SSSR count). The van der Waals surface area contributed by atoms with Crippen LogP contribution in [0.3, 0.4) is 0 Å². The summed E-state index contributed by atoms with van der Waals surface area (Å²) in [6.07, 6.45) is 6.00. The van der Waals surface area contributed by atoms with Crippen molar-refractivity contribution in [3.63, 3.8) is 0 Å². The molecule has 0 saturated carbocycles. The van der Waals surface area contributed by atoms with Crippen LogP contribution in [0.4, 0.5) is 5.95 Å². The van der Waals surface area contributed by atoms with Crippen LogP contribution in [0.15, 0.2) is 58.1 Å². The Morgan fingerprint density at radius 1 is 1.10 bits per heavy atom. The van der Waals surface area contributed by atoms with Gasteiger partial charge in [0.05, 0.1) is 24.9 Å². The third-order valence-electron chi connectivity index (χ3n) is 4.50. The van der Waals surface area contributed by atoms with E-state index in [1.54, 1.807) is 12.6 Å². The fraction of sp³-hybridized carbons (Fsp3) is 0.375. The summed E-state index contributed by atoms with van der Waals surface area (Å²) in [5.41, 5.74) is 3.22. The van der Waals surface area contributed by atoms with Crippen molar-refractivity contribution in [3.05, 3.63) is 60.0 Å². The second kappa shape index (κ2) is 10.6. The zero-order valence-electron chi connectivity index (χ0n) is 18.2. The molecule has 1 aromatic carbocycles. The van der Waals surface area contributed by atoms with Crippen LogP contribution in [0.1, 0.15) is 31.5 Å². The Kier molecular flexibility index (Phi) is 7.60. The highest BCUT2D eigenvalue weighted by molar-refractivity contribution is 5.58. The Morgan fingerprint density at radius 2 is 1.97 bits per heavy atom. The van der Waals surface area contributed by atoms with Gasteiger partial charge in [-0.3, -0.25) is 0 Å². The average Bonchev–Trinajstić information content (AvgIpc) is 3.26. The van der Waals surface area contributed by atoms with Gasteiger partial charge in [0.2, 0.25) is 5.88 Å². The molecular formula is C24H30N4O2. The van der Waals surface area contributed by atoms with Crippen LogP contribution in [0.25, 0.3) is 11.3 Å². The fourth-order valence-electron chi connectivity index (χ4n) is 2.88. The van der Waals surface area contributed by atoms with E-state index in [2.05, 4.69) is 53.1 Å². The largest absolute Gasteiger partial charge is 0.478 e. The Bertz CT molecular complexity index is 950. The molecule has 158 valence electrons. The van der Waals surface area contributed by atoms with E-state index in [9.17, 15) is 0 Å². The lowest BCUT2D eigenvalue weighted by atomic mass is 10.0. The highest BCUT2D eigenvalue weighted by atomic mass is 16.5. The van der Waals surface area contributed by atoms with Crippen molar-refractivity contribution in [2.45, 2.75) is 33.1 Å². The first kappa shape index (κ1) is 21.6. The molecule has 0 fully saturated rings. The fourth-order valence-corrected chi connectivity index (χ4v) is 2.88. The molecule has 0 spiro atoms. The number of rotatable bonds is 10. The maximum Gasteiger partial charge on any atom is 0.254 e. The summed E-state index contributed by atoms with van der Waals surface area (Å²) in [7, 11) is 3.83. The number of ether oxygens (including phenoxy) is 1. The van der Waals surface area contributed by atoms with Gasteiger partial charge in [0.15, 0.2) is 0 Å². The van der Waals surface area contributed by atoms with Crippen LogP contribution in [0.5, 0.6) is 5.88 Å². The van der Waals surface area contributed by atoms with Gasteiger partial charge in [-0.25, -0.2) is 9.98 Å². The van der Waals surface area contributed by atoms with Gasteiger partial charge in [-0.2, -0.15) is 4.98 Å². The van der Waals surface area contributed by atoms with Crippen molar-refractivity contribution >= 4 is 12.3 Å². The van der Waals surface area contributed by atoms with Crippen molar-refractivity contribution in [1.82, 2.24) is 14.9 Å². The lowest BCUT2D eigenvalue weighted by molar-refractivity contribution is 0.279. The van der Waals surface area contributed by atoms with Crippen LogP contribution in [0.2, 0.25) is 0 Å². The summed E-state index contributed by atoms with van der Waals surface area (Å²) in [5, 5.41) is 0. The monoisotopic (exact) mass is 406 g/mol. The first-order valence-electron chi connectivity index (χ1n) is 10.3. The number of nitrogens with zero attached hydrogens (tertiary/aromatic N) is 4. The Balaban J connectivity index is 1.73. The topological polar surface area (TPSA) is 63.8 Å². The predicted molar refractivity (Wildman–Crippen MR) is 120 cm³/mol. The molecule has 0 atom stereocenters. The highest BCUT2D eigenvalue weighted by Gasteiger charge is 2.08. The zero-order chi connectivity index (χ0) is 21.3. The second-order valence-corrected chi connectivity index (χ2v) is 7.91. The van der Waals surface area contributed by atoms with Crippen LogP contribution in [-0.2, 0) is 12.8 Å². The van der Waals surface area contributed by atoms with Crippen LogP contribution in [0, 0.1) is 5.92 Å². The molecule has 0 aliphatic rings. The number of aliphatic imine (C=N–C) groups is 1. The SMILES string of the molecule is CC(C)CCOc1cc(CCc2cccc(-c3ccco3)c2)nc(N=CN(C)C)n1. The van der Waals surface area contributed by atoms with Crippen molar-refractivity contribution in [3.8, 4) is 17.2 Å². The van der Waals surface area contributed by atoms with Crippen molar-refractivity contribution in [1.29, 1.82) is 0 Å². The first-order chi connectivity index (χ1) is 14.5. The lowest BCUT2D eigenvalue weighted by Crippen LogP contribution is -2.08. The minimum absolute atomic E-state index is 0.421. The quantitative estimate of drug-likeness (QED) is 0.343. The Morgan fingerprint density at radius 3 is 2.70 bits per heavy atom. The van der Waals surface area contributed by atoms with Gasteiger partial charge in [-0.1, -0.05) is 32.0 Å². The summed E-state index contributed by atoms with van der Waals surface area (Å²) in [4.78, 5) is 15.3.